The monoisotopic (exact) mass is 334 g/mol. The van der Waals surface area contributed by atoms with E-state index in [9.17, 15) is 4.21 Å². The molecule has 0 aliphatic heterocycles. The molecule has 1 heterocycles. The van der Waals surface area contributed by atoms with Gasteiger partial charge in [-0.2, -0.15) is 0 Å². The molecular weight excluding hydrogens is 323 g/mol. The van der Waals surface area contributed by atoms with Crippen LogP contribution in [0.4, 0.5) is 0 Å². The molecule has 1 aromatic heterocycles. The van der Waals surface area contributed by atoms with Gasteiger partial charge in [-0.05, 0) is 0 Å². The minimum absolute atomic E-state index is 0.470. The second-order valence-corrected chi connectivity index (χ2v) is 8.86. The average Bonchev–Trinajstić information content (AvgIpc) is 2.47. The number of benzene rings is 2. The summed E-state index contributed by atoms with van der Waals surface area (Å²) in [7, 11) is -2.48. The number of hydrogen-bond donors (Lipinski definition) is 0. The van der Waals surface area contributed by atoms with Crippen molar-refractivity contribution in [3.05, 3.63) is 60.8 Å². The van der Waals surface area contributed by atoms with Crippen LogP contribution in [0.15, 0.2) is 70.7 Å². The van der Waals surface area contributed by atoms with E-state index in [0.29, 0.717) is 5.03 Å². The number of fused-ring (bicyclic) bond motifs is 1. The first kappa shape index (κ1) is 12.5. The summed E-state index contributed by atoms with van der Waals surface area (Å²) >= 11 is 2.78. The summed E-state index contributed by atoms with van der Waals surface area (Å²) < 4.78 is 12.9. The van der Waals surface area contributed by atoms with Gasteiger partial charge in [-0.25, -0.2) is 0 Å². The molecule has 0 bridgehead atoms. The molecule has 94 valence electrons. The molecule has 1 unspecified atom stereocenters. The molecule has 0 aliphatic rings. The van der Waals surface area contributed by atoms with Gasteiger partial charge in [0.25, 0.3) is 0 Å². The molecule has 19 heavy (non-hydrogen) atoms. The number of nitrogens with zero attached hydrogens (tertiary/aromatic N) is 2. The number of hydrogen-bond acceptors (Lipinski definition) is 3. The zero-order valence-corrected chi connectivity index (χ0v) is 12.4. The van der Waals surface area contributed by atoms with Crippen LogP contribution in [-0.4, -0.2) is 28.6 Å². The number of para-hydroxylation sites is 2. The van der Waals surface area contributed by atoms with Crippen molar-refractivity contribution in [3.8, 4) is 0 Å². The summed E-state index contributed by atoms with van der Waals surface area (Å²) in [6, 6.07) is 16.8. The summed E-state index contributed by atoms with van der Waals surface area (Å²) in [6.45, 7) is 0. The molecular formula is C14H10N2OSSe. The van der Waals surface area contributed by atoms with E-state index in [1.165, 1.54) is 0 Å². The van der Waals surface area contributed by atoms with Crippen molar-refractivity contribution in [2.24, 2.45) is 0 Å². The molecule has 1 atom stereocenters. The average molecular weight is 333 g/mol. The van der Waals surface area contributed by atoms with Crippen LogP contribution in [0.3, 0.4) is 0 Å². The molecule has 3 nitrogen and oxygen atoms in total. The van der Waals surface area contributed by atoms with Crippen LogP contribution < -0.4 is 0 Å². The van der Waals surface area contributed by atoms with E-state index in [0.717, 1.165) is 15.9 Å². The van der Waals surface area contributed by atoms with Crippen molar-refractivity contribution in [2.75, 3.05) is 0 Å². The van der Waals surface area contributed by atoms with Crippen molar-refractivity contribution in [1.82, 2.24) is 9.97 Å². The summed E-state index contributed by atoms with van der Waals surface area (Å²) in [6.07, 6.45) is 1.58. The van der Waals surface area contributed by atoms with Crippen LogP contribution in [0, 0.1) is 0 Å². The Balaban J connectivity index is 2.19. The zero-order valence-electron chi connectivity index (χ0n) is 9.89. The fourth-order valence-corrected chi connectivity index (χ4v) is 4.16. The van der Waals surface area contributed by atoms with Crippen LogP contribution >= 0.6 is 0 Å². The van der Waals surface area contributed by atoms with Gasteiger partial charge in [-0.3, -0.25) is 0 Å². The predicted octanol–water partition coefficient (Wildman–Crippen LogP) is 2.42. The topological polar surface area (TPSA) is 42.9 Å². The maximum atomic E-state index is 12.9. The summed E-state index contributed by atoms with van der Waals surface area (Å²) in [5.41, 5.74) is 1.55. The third kappa shape index (κ3) is 2.32. The Morgan fingerprint density at radius 2 is 1.53 bits per heavy atom. The Bertz CT molecular complexity index is 832. The number of rotatable bonds is 2. The normalized spacial score (nSPS) is 14.1. The fraction of sp³-hybridized carbons (Fsp3) is 0. The zero-order chi connectivity index (χ0) is 13.3. The minimum atomic E-state index is -2.48. The molecule has 0 fully saturated rings. The molecule has 0 spiro atoms. The Kier molecular flexibility index (Phi) is 3.19. The van der Waals surface area contributed by atoms with Gasteiger partial charge >= 0.3 is 118 Å². The quantitative estimate of drug-likeness (QED) is 0.677. The van der Waals surface area contributed by atoms with E-state index in [1.54, 1.807) is 6.20 Å². The summed E-state index contributed by atoms with van der Waals surface area (Å²) in [5.74, 6) is 0. The second kappa shape index (κ2) is 4.85. The molecule has 3 aromatic rings. The molecule has 2 aromatic carbocycles. The van der Waals surface area contributed by atoms with E-state index in [1.807, 2.05) is 54.6 Å². The van der Waals surface area contributed by atoms with Crippen molar-refractivity contribution in [3.63, 3.8) is 0 Å². The Morgan fingerprint density at radius 1 is 0.895 bits per heavy atom. The first-order chi connectivity index (χ1) is 9.18. The summed E-state index contributed by atoms with van der Waals surface area (Å²) in [4.78, 5) is 9.49. The Hall–Kier alpha value is -1.55. The Labute approximate surface area is 118 Å². The molecule has 0 saturated carbocycles. The van der Waals surface area contributed by atoms with Gasteiger partial charge in [0.05, 0.1) is 0 Å². The van der Waals surface area contributed by atoms with Crippen molar-refractivity contribution in [2.45, 2.75) is 9.92 Å². The van der Waals surface area contributed by atoms with Crippen molar-refractivity contribution in [1.29, 1.82) is 0 Å². The molecule has 0 N–H and O–H groups in total. The van der Waals surface area contributed by atoms with Crippen molar-refractivity contribution >= 4 is 33.3 Å². The van der Waals surface area contributed by atoms with E-state index in [-0.39, 0.29) is 0 Å². The van der Waals surface area contributed by atoms with E-state index in [4.69, 9.17) is 0 Å². The molecule has 5 heteroatoms. The molecule has 3 rings (SSSR count). The Morgan fingerprint density at radius 3 is 2.26 bits per heavy atom. The molecule has 0 saturated heterocycles. The SMILES string of the molecule is O=S(=[Se])(c1ccccc1)c1cnc2ccccc2n1. The fourth-order valence-electron chi connectivity index (χ4n) is 1.79. The molecule has 0 aliphatic carbocycles. The van der Waals surface area contributed by atoms with Gasteiger partial charge in [0.1, 0.15) is 0 Å². The van der Waals surface area contributed by atoms with Crippen LogP contribution in [-0.2, 0) is 7.86 Å². The summed E-state index contributed by atoms with van der Waals surface area (Å²) in [5, 5.41) is 0.470. The van der Waals surface area contributed by atoms with Gasteiger partial charge < -0.3 is 0 Å². The first-order valence-corrected chi connectivity index (χ1v) is 9.28. The van der Waals surface area contributed by atoms with Crippen LogP contribution in [0.2, 0.25) is 0 Å². The van der Waals surface area contributed by atoms with Crippen LogP contribution in [0.5, 0.6) is 0 Å². The maximum absolute atomic E-state index is 12.9. The third-order valence-corrected chi connectivity index (χ3v) is 6.68. The molecule has 0 amide bonds. The first-order valence-electron chi connectivity index (χ1n) is 5.70. The van der Waals surface area contributed by atoms with Gasteiger partial charge in [0.2, 0.25) is 0 Å². The number of aromatic nitrogens is 2. The van der Waals surface area contributed by atoms with E-state index in [2.05, 4.69) is 24.4 Å². The van der Waals surface area contributed by atoms with Gasteiger partial charge in [0, 0.05) is 0 Å². The van der Waals surface area contributed by atoms with Gasteiger partial charge in [-0.1, -0.05) is 0 Å². The van der Waals surface area contributed by atoms with Crippen molar-refractivity contribution < 1.29 is 4.21 Å². The second-order valence-electron chi connectivity index (χ2n) is 4.01. The molecule has 0 radical (unpaired) electrons. The predicted molar refractivity (Wildman–Crippen MR) is 76.4 cm³/mol. The van der Waals surface area contributed by atoms with Crippen LogP contribution in [0.1, 0.15) is 0 Å². The third-order valence-electron chi connectivity index (χ3n) is 2.76. The van der Waals surface area contributed by atoms with Gasteiger partial charge in [-0.15, -0.1) is 0 Å². The van der Waals surface area contributed by atoms with Gasteiger partial charge in [0.15, 0.2) is 0 Å². The van der Waals surface area contributed by atoms with E-state index < -0.39 is 7.86 Å². The standard InChI is InChI=1S/C14H10N2OSSe/c17-18(19,11-6-2-1-3-7-11)14-10-15-12-8-4-5-9-13(12)16-14/h1-10H. The van der Waals surface area contributed by atoms with Crippen LogP contribution in [0.25, 0.3) is 11.0 Å². The van der Waals surface area contributed by atoms with E-state index >= 15 is 0 Å².